The van der Waals surface area contributed by atoms with Crippen molar-refractivity contribution in [1.82, 2.24) is 14.9 Å². The van der Waals surface area contributed by atoms with E-state index in [0.29, 0.717) is 12.1 Å². The third-order valence-electron chi connectivity index (χ3n) is 5.26. The number of thiophene rings is 1. The molecule has 1 aromatic carbocycles. The molecule has 146 valence electrons. The molecular weight excluding hydrogens is 396 g/mol. The van der Waals surface area contributed by atoms with Gasteiger partial charge in [0.2, 0.25) is 12.1 Å². The average molecular weight is 417 g/mol. The summed E-state index contributed by atoms with van der Waals surface area (Å²) in [6.45, 7) is 7.17. The number of fused-ring (bicyclic) bond motifs is 2. The van der Waals surface area contributed by atoms with Gasteiger partial charge in [-0.15, -0.1) is 11.3 Å². The van der Waals surface area contributed by atoms with Crippen LogP contribution in [0.15, 0.2) is 24.3 Å². The van der Waals surface area contributed by atoms with E-state index in [0.717, 1.165) is 66.7 Å². The Bertz CT molecular complexity index is 1020. The number of aromatic nitrogens is 2. The van der Waals surface area contributed by atoms with Crippen LogP contribution in [0.2, 0.25) is 5.28 Å². The van der Waals surface area contributed by atoms with Gasteiger partial charge < -0.3 is 14.4 Å². The normalized spacial score (nSPS) is 16.9. The lowest BCUT2D eigenvalue weighted by Gasteiger charge is -2.35. The highest BCUT2D eigenvalue weighted by Crippen LogP contribution is 2.34. The first-order chi connectivity index (χ1) is 13.7. The summed E-state index contributed by atoms with van der Waals surface area (Å²) in [5.41, 5.74) is 1.25. The first kappa shape index (κ1) is 18.0. The van der Waals surface area contributed by atoms with Crippen molar-refractivity contribution in [3.8, 4) is 11.5 Å². The predicted octanol–water partition coefficient (Wildman–Crippen LogP) is 3.96. The van der Waals surface area contributed by atoms with Gasteiger partial charge in [0.25, 0.3) is 0 Å². The zero-order chi connectivity index (χ0) is 19.1. The van der Waals surface area contributed by atoms with Crippen molar-refractivity contribution in [2.45, 2.75) is 19.9 Å². The van der Waals surface area contributed by atoms with Gasteiger partial charge in [0, 0.05) is 37.6 Å². The number of hydrogen-bond acceptors (Lipinski definition) is 7. The quantitative estimate of drug-likeness (QED) is 0.600. The molecule has 2 aliphatic rings. The van der Waals surface area contributed by atoms with E-state index >= 15 is 0 Å². The molecule has 0 aliphatic carbocycles. The number of benzene rings is 1. The molecule has 8 heteroatoms. The van der Waals surface area contributed by atoms with Crippen molar-refractivity contribution in [3.63, 3.8) is 0 Å². The van der Waals surface area contributed by atoms with Gasteiger partial charge in [-0.05, 0) is 41.8 Å². The second-order valence-electron chi connectivity index (χ2n) is 7.05. The second-order valence-corrected chi connectivity index (χ2v) is 8.51. The number of anilines is 1. The Morgan fingerprint density at radius 2 is 1.89 bits per heavy atom. The highest BCUT2D eigenvalue weighted by Gasteiger charge is 2.22. The molecular formula is C20H21ClN4O2S. The third-order valence-corrected chi connectivity index (χ3v) is 6.60. The van der Waals surface area contributed by atoms with Crippen molar-refractivity contribution in [2.75, 3.05) is 37.9 Å². The van der Waals surface area contributed by atoms with Crippen molar-refractivity contribution in [1.29, 1.82) is 0 Å². The fourth-order valence-corrected chi connectivity index (χ4v) is 4.94. The van der Waals surface area contributed by atoms with Crippen molar-refractivity contribution < 1.29 is 9.47 Å². The van der Waals surface area contributed by atoms with Crippen LogP contribution in [0.1, 0.15) is 17.4 Å². The maximum atomic E-state index is 6.20. The predicted molar refractivity (Wildman–Crippen MR) is 112 cm³/mol. The molecule has 4 heterocycles. The summed E-state index contributed by atoms with van der Waals surface area (Å²) < 4.78 is 10.9. The van der Waals surface area contributed by atoms with Gasteiger partial charge in [-0.3, -0.25) is 4.90 Å². The van der Waals surface area contributed by atoms with Crippen molar-refractivity contribution in [2.24, 2.45) is 0 Å². The number of nitrogens with zero attached hydrogens (tertiary/aromatic N) is 4. The fraction of sp³-hybridized carbons (Fsp3) is 0.400. The molecule has 2 aromatic heterocycles. The molecule has 2 aliphatic heterocycles. The standard InChI is InChI=1S/C20H21ClN4O2S/c1-2-14-10-15-18(22-20(21)23-19(15)28-14)25-7-5-24(6-8-25)11-13-3-4-16-17(9-13)27-12-26-16/h3-4,9-10H,2,5-8,11-12H2,1H3. The SMILES string of the molecule is CCc1cc2c(N3CCN(Cc4ccc5c(c4)OCO5)CC3)nc(Cl)nc2s1. The summed E-state index contributed by atoms with van der Waals surface area (Å²) in [6, 6.07) is 8.41. The molecule has 1 saturated heterocycles. The molecule has 0 N–H and O–H groups in total. The van der Waals surface area contributed by atoms with Crippen LogP contribution in [-0.4, -0.2) is 47.8 Å². The van der Waals surface area contributed by atoms with Gasteiger partial charge >= 0.3 is 0 Å². The first-order valence-electron chi connectivity index (χ1n) is 9.51. The Hall–Kier alpha value is -2.09. The lowest BCUT2D eigenvalue weighted by molar-refractivity contribution is 0.174. The lowest BCUT2D eigenvalue weighted by Crippen LogP contribution is -2.46. The number of halogens is 1. The molecule has 0 unspecified atom stereocenters. The topological polar surface area (TPSA) is 50.7 Å². The number of ether oxygens (including phenoxy) is 2. The molecule has 5 rings (SSSR count). The number of aryl methyl sites for hydroxylation is 1. The zero-order valence-electron chi connectivity index (χ0n) is 15.7. The molecule has 0 bridgehead atoms. The maximum absolute atomic E-state index is 6.20. The minimum Gasteiger partial charge on any atom is -0.454 e. The Kier molecular flexibility index (Phi) is 4.74. The van der Waals surface area contributed by atoms with E-state index in [9.17, 15) is 0 Å². The summed E-state index contributed by atoms with van der Waals surface area (Å²) >= 11 is 7.91. The van der Waals surface area contributed by atoms with Crippen LogP contribution >= 0.6 is 22.9 Å². The maximum Gasteiger partial charge on any atom is 0.231 e. The van der Waals surface area contributed by atoms with Crippen LogP contribution in [0.4, 0.5) is 5.82 Å². The minimum atomic E-state index is 0.315. The van der Waals surface area contributed by atoms with Crippen LogP contribution in [-0.2, 0) is 13.0 Å². The van der Waals surface area contributed by atoms with E-state index in [-0.39, 0.29) is 0 Å². The van der Waals surface area contributed by atoms with E-state index in [2.05, 4.69) is 44.9 Å². The molecule has 0 spiro atoms. The molecule has 0 amide bonds. The van der Waals surface area contributed by atoms with Crippen molar-refractivity contribution in [3.05, 3.63) is 40.0 Å². The van der Waals surface area contributed by atoms with Gasteiger partial charge in [-0.2, -0.15) is 4.98 Å². The number of piperazine rings is 1. The van der Waals surface area contributed by atoms with Gasteiger partial charge in [0.05, 0.1) is 5.39 Å². The summed E-state index contributed by atoms with van der Waals surface area (Å²) in [5, 5.41) is 1.45. The molecule has 6 nitrogen and oxygen atoms in total. The lowest BCUT2D eigenvalue weighted by atomic mass is 10.1. The summed E-state index contributed by atoms with van der Waals surface area (Å²) in [6.07, 6.45) is 1.00. The van der Waals surface area contributed by atoms with E-state index in [4.69, 9.17) is 21.1 Å². The monoisotopic (exact) mass is 416 g/mol. The van der Waals surface area contributed by atoms with Crippen LogP contribution in [0, 0.1) is 0 Å². The van der Waals surface area contributed by atoms with Crippen LogP contribution in [0.5, 0.6) is 11.5 Å². The number of hydrogen-bond donors (Lipinski definition) is 0. The molecule has 0 saturated carbocycles. The summed E-state index contributed by atoms with van der Waals surface area (Å²) in [5.74, 6) is 2.65. The van der Waals surface area contributed by atoms with E-state index in [1.165, 1.54) is 10.4 Å². The molecule has 0 atom stereocenters. The molecule has 0 radical (unpaired) electrons. The van der Waals surface area contributed by atoms with E-state index < -0.39 is 0 Å². The fourth-order valence-electron chi connectivity index (χ4n) is 3.76. The average Bonchev–Trinajstić information content (AvgIpc) is 3.34. The largest absolute Gasteiger partial charge is 0.454 e. The highest BCUT2D eigenvalue weighted by molar-refractivity contribution is 7.18. The van der Waals surface area contributed by atoms with E-state index in [1.54, 1.807) is 11.3 Å². The minimum absolute atomic E-state index is 0.315. The van der Waals surface area contributed by atoms with Crippen LogP contribution in [0.3, 0.4) is 0 Å². The Morgan fingerprint density at radius 3 is 2.71 bits per heavy atom. The number of rotatable bonds is 4. The van der Waals surface area contributed by atoms with Gasteiger partial charge in [0.1, 0.15) is 10.6 Å². The molecule has 28 heavy (non-hydrogen) atoms. The van der Waals surface area contributed by atoms with Crippen LogP contribution < -0.4 is 14.4 Å². The first-order valence-corrected chi connectivity index (χ1v) is 10.7. The van der Waals surface area contributed by atoms with Crippen molar-refractivity contribution >= 4 is 39.0 Å². The Labute approximate surface area is 172 Å². The summed E-state index contributed by atoms with van der Waals surface area (Å²) in [7, 11) is 0. The third kappa shape index (κ3) is 3.38. The van der Waals surface area contributed by atoms with Crippen LogP contribution in [0.25, 0.3) is 10.2 Å². The molecule has 3 aromatic rings. The molecule has 1 fully saturated rings. The zero-order valence-corrected chi connectivity index (χ0v) is 17.2. The van der Waals surface area contributed by atoms with Gasteiger partial charge in [-0.1, -0.05) is 13.0 Å². The van der Waals surface area contributed by atoms with E-state index in [1.807, 2.05) is 6.07 Å². The summed E-state index contributed by atoms with van der Waals surface area (Å²) in [4.78, 5) is 16.1. The van der Waals surface area contributed by atoms with Gasteiger partial charge in [0.15, 0.2) is 11.5 Å². The van der Waals surface area contributed by atoms with Gasteiger partial charge in [-0.25, -0.2) is 4.98 Å². The Morgan fingerprint density at radius 1 is 1.07 bits per heavy atom. The second kappa shape index (κ2) is 7.39. The highest BCUT2D eigenvalue weighted by atomic mass is 35.5. The Balaban J connectivity index is 1.29. The smallest absolute Gasteiger partial charge is 0.231 e.